The topological polar surface area (TPSA) is 26.8 Å². The normalized spacial score (nSPS) is 24.1. The summed E-state index contributed by atoms with van der Waals surface area (Å²) in [6.07, 6.45) is 8.73. The van der Waals surface area contributed by atoms with Crippen LogP contribution in [0.4, 0.5) is 0 Å². The van der Waals surface area contributed by atoms with E-state index in [-0.39, 0.29) is 0 Å². The van der Waals surface area contributed by atoms with Crippen LogP contribution in [0, 0.1) is 5.92 Å². The number of piperazine rings is 1. The molecule has 2 fully saturated rings. The Hall–Kier alpha value is -0.610. The molecule has 2 aliphatic rings. The first-order valence-corrected chi connectivity index (χ1v) is 10.3. The molecule has 1 amide bonds. The third-order valence-corrected chi connectivity index (χ3v) is 5.72. The largest absolute Gasteiger partial charge is 0.340 e. The lowest BCUT2D eigenvalue weighted by atomic mass is 9.95. The molecule has 2 rings (SSSR count). The minimum atomic E-state index is 0.352. The van der Waals surface area contributed by atoms with Gasteiger partial charge in [0.05, 0.1) is 0 Å². The number of carbonyl (C=O) groups excluding carboxylic acids is 1. The van der Waals surface area contributed by atoms with Crippen molar-refractivity contribution in [1.29, 1.82) is 0 Å². The zero-order valence-corrected chi connectivity index (χ0v) is 16.3. The number of amides is 1. The van der Waals surface area contributed by atoms with Gasteiger partial charge in [0.25, 0.3) is 0 Å². The predicted octanol–water partition coefficient (Wildman–Crippen LogP) is 3.22. The summed E-state index contributed by atoms with van der Waals surface area (Å²) in [6.45, 7) is 14.9. The summed E-state index contributed by atoms with van der Waals surface area (Å²) in [5.41, 5.74) is 0. The van der Waals surface area contributed by atoms with E-state index in [1.165, 1.54) is 71.4 Å². The number of hydrogen-bond donors (Lipinski definition) is 0. The molecular weight excluding hydrogens is 298 g/mol. The van der Waals surface area contributed by atoms with Gasteiger partial charge in [0.15, 0.2) is 0 Å². The lowest BCUT2D eigenvalue weighted by Gasteiger charge is -2.40. The van der Waals surface area contributed by atoms with E-state index < -0.39 is 0 Å². The SMILES string of the molecule is CCCCCCCN1CCN(CC2CCC(=O)N(C(C)C)C2)CC1. The van der Waals surface area contributed by atoms with Crippen LogP contribution in [-0.4, -0.2) is 72.5 Å². The molecular formula is C20H39N3O. The molecule has 0 aromatic carbocycles. The van der Waals surface area contributed by atoms with Crippen molar-refractivity contribution in [3.63, 3.8) is 0 Å². The maximum atomic E-state index is 12.0. The van der Waals surface area contributed by atoms with Gasteiger partial charge in [-0.2, -0.15) is 0 Å². The number of likely N-dealkylation sites (tertiary alicyclic amines) is 1. The summed E-state index contributed by atoms with van der Waals surface area (Å²) in [5.74, 6) is 1.03. The summed E-state index contributed by atoms with van der Waals surface area (Å²) in [4.78, 5) is 19.3. The quantitative estimate of drug-likeness (QED) is 0.605. The molecule has 2 aliphatic heterocycles. The predicted molar refractivity (Wildman–Crippen MR) is 101 cm³/mol. The standard InChI is InChI=1S/C20H39N3O/c1-4-5-6-7-8-11-21-12-14-22(15-13-21)16-19-9-10-20(24)23(17-19)18(2)3/h18-19H,4-17H2,1-3H3. The molecule has 2 heterocycles. The average Bonchev–Trinajstić information content (AvgIpc) is 2.57. The minimum absolute atomic E-state index is 0.352. The number of piperidine rings is 1. The Labute approximate surface area is 149 Å². The first kappa shape index (κ1) is 19.7. The van der Waals surface area contributed by atoms with E-state index >= 15 is 0 Å². The highest BCUT2D eigenvalue weighted by Gasteiger charge is 2.29. The van der Waals surface area contributed by atoms with Crippen molar-refractivity contribution in [3.8, 4) is 0 Å². The van der Waals surface area contributed by atoms with Gasteiger partial charge < -0.3 is 14.7 Å². The van der Waals surface area contributed by atoms with E-state index in [1.807, 2.05) is 0 Å². The van der Waals surface area contributed by atoms with E-state index in [4.69, 9.17) is 0 Å². The van der Waals surface area contributed by atoms with Crippen LogP contribution < -0.4 is 0 Å². The Morgan fingerprint density at radius 2 is 1.67 bits per heavy atom. The molecule has 1 unspecified atom stereocenters. The van der Waals surface area contributed by atoms with Crippen molar-refractivity contribution in [2.75, 3.05) is 45.8 Å². The maximum absolute atomic E-state index is 12.0. The molecule has 0 saturated carbocycles. The van der Waals surface area contributed by atoms with Gasteiger partial charge in [-0.3, -0.25) is 4.79 Å². The monoisotopic (exact) mass is 337 g/mol. The number of unbranched alkanes of at least 4 members (excludes halogenated alkanes) is 4. The number of rotatable bonds is 9. The lowest BCUT2D eigenvalue weighted by molar-refractivity contribution is -0.137. The van der Waals surface area contributed by atoms with Gasteiger partial charge in [-0.05, 0) is 39.2 Å². The third kappa shape index (κ3) is 6.36. The Balaban J connectivity index is 1.61. The molecule has 2 saturated heterocycles. The second-order valence-corrected chi connectivity index (χ2v) is 8.10. The van der Waals surface area contributed by atoms with Gasteiger partial charge >= 0.3 is 0 Å². The van der Waals surface area contributed by atoms with Gasteiger partial charge in [0, 0.05) is 51.7 Å². The fraction of sp³-hybridized carbons (Fsp3) is 0.950. The highest BCUT2D eigenvalue weighted by molar-refractivity contribution is 5.77. The fourth-order valence-corrected chi connectivity index (χ4v) is 4.09. The van der Waals surface area contributed by atoms with E-state index in [0.29, 0.717) is 17.9 Å². The van der Waals surface area contributed by atoms with Crippen molar-refractivity contribution in [2.45, 2.75) is 71.8 Å². The van der Waals surface area contributed by atoms with Gasteiger partial charge in [0.1, 0.15) is 0 Å². The molecule has 4 heteroatoms. The average molecular weight is 338 g/mol. The van der Waals surface area contributed by atoms with Crippen molar-refractivity contribution in [2.24, 2.45) is 5.92 Å². The highest BCUT2D eigenvalue weighted by atomic mass is 16.2. The summed E-state index contributed by atoms with van der Waals surface area (Å²) >= 11 is 0. The smallest absolute Gasteiger partial charge is 0.222 e. The molecule has 0 spiro atoms. The molecule has 0 N–H and O–H groups in total. The van der Waals surface area contributed by atoms with Gasteiger partial charge in [-0.15, -0.1) is 0 Å². The molecule has 0 aliphatic carbocycles. The van der Waals surface area contributed by atoms with Crippen molar-refractivity contribution in [1.82, 2.24) is 14.7 Å². The minimum Gasteiger partial charge on any atom is -0.340 e. The van der Waals surface area contributed by atoms with Gasteiger partial charge in [-0.1, -0.05) is 32.6 Å². The Kier molecular flexibility index (Phi) is 8.54. The zero-order valence-electron chi connectivity index (χ0n) is 16.3. The van der Waals surface area contributed by atoms with Crippen molar-refractivity contribution >= 4 is 5.91 Å². The van der Waals surface area contributed by atoms with Gasteiger partial charge in [-0.25, -0.2) is 0 Å². The second kappa shape index (κ2) is 10.4. The summed E-state index contributed by atoms with van der Waals surface area (Å²) in [6, 6.07) is 0.352. The Bertz CT molecular complexity index is 364. The Morgan fingerprint density at radius 1 is 1.00 bits per heavy atom. The summed E-state index contributed by atoms with van der Waals surface area (Å²) in [7, 11) is 0. The van der Waals surface area contributed by atoms with Crippen LogP contribution in [0.25, 0.3) is 0 Å². The molecule has 0 aromatic heterocycles. The van der Waals surface area contributed by atoms with E-state index in [0.717, 1.165) is 19.4 Å². The zero-order chi connectivity index (χ0) is 17.4. The second-order valence-electron chi connectivity index (χ2n) is 8.10. The molecule has 24 heavy (non-hydrogen) atoms. The highest BCUT2D eigenvalue weighted by Crippen LogP contribution is 2.21. The van der Waals surface area contributed by atoms with Crippen LogP contribution in [0.3, 0.4) is 0 Å². The van der Waals surface area contributed by atoms with E-state index in [9.17, 15) is 4.79 Å². The van der Waals surface area contributed by atoms with Crippen LogP contribution in [-0.2, 0) is 4.79 Å². The van der Waals surface area contributed by atoms with Crippen LogP contribution in [0.1, 0.15) is 65.7 Å². The third-order valence-electron chi connectivity index (χ3n) is 5.72. The fourth-order valence-electron chi connectivity index (χ4n) is 4.09. The van der Waals surface area contributed by atoms with Crippen molar-refractivity contribution in [3.05, 3.63) is 0 Å². The first-order valence-electron chi connectivity index (χ1n) is 10.3. The van der Waals surface area contributed by atoms with Crippen LogP contribution in [0.5, 0.6) is 0 Å². The maximum Gasteiger partial charge on any atom is 0.222 e. The molecule has 1 atom stereocenters. The summed E-state index contributed by atoms with van der Waals surface area (Å²) in [5, 5.41) is 0. The lowest BCUT2D eigenvalue weighted by Crippen LogP contribution is -2.51. The van der Waals surface area contributed by atoms with Crippen LogP contribution >= 0.6 is 0 Å². The summed E-state index contributed by atoms with van der Waals surface area (Å²) < 4.78 is 0. The van der Waals surface area contributed by atoms with Crippen molar-refractivity contribution < 1.29 is 4.79 Å². The molecule has 0 radical (unpaired) electrons. The molecule has 140 valence electrons. The molecule has 4 nitrogen and oxygen atoms in total. The number of carbonyl (C=O) groups is 1. The molecule has 0 aromatic rings. The van der Waals surface area contributed by atoms with Gasteiger partial charge in [0.2, 0.25) is 5.91 Å². The van der Waals surface area contributed by atoms with E-state index in [1.54, 1.807) is 0 Å². The Morgan fingerprint density at radius 3 is 2.33 bits per heavy atom. The first-order chi connectivity index (χ1) is 11.6. The number of nitrogens with zero attached hydrogens (tertiary/aromatic N) is 3. The van der Waals surface area contributed by atoms with Crippen LogP contribution in [0.2, 0.25) is 0 Å². The number of hydrogen-bond acceptors (Lipinski definition) is 3. The van der Waals surface area contributed by atoms with E-state index in [2.05, 4.69) is 35.5 Å². The molecule has 0 bridgehead atoms. The van der Waals surface area contributed by atoms with Crippen LogP contribution in [0.15, 0.2) is 0 Å².